The molecule has 0 fully saturated rings. The number of carboxylic acid groups (broad SMARTS) is 1. The van der Waals surface area contributed by atoms with Gasteiger partial charge in [0.25, 0.3) is 0 Å². The molecule has 0 aliphatic heterocycles. The molecule has 6 nitrogen and oxygen atoms in total. The van der Waals surface area contributed by atoms with Gasteiger partial charge in [-0.2, -0.15) is 4.31 Å². The average Bonchev–Trinajstić information content (AvgIpc) is 2.34. The number of benzene rings is 1. The van der Waals surface area contributed by atoms with Crippen molar-refractivity contribution < 1.29 is 23.1 Å². The zero-order valence-electron chi connectivity index (χ0n) is 12.0. The van der Waals surface area contributed by atoms with Gasteiger partial charge in [-0.15, -0.1) is 0 Å². The number of methoxy groups -OCH3 is 1. The first-order valence-corrected chi connectivity index (χ1v) is 7.55. The number of carbonyl (C=O) groups is 1. The number of aryl methyl sites for hydroxylation is 2. The first kappa shape index (κ1) is 16.5. The third-order valence-corrected chi connectivity index (χ3v) is 5.16. The van der Waals surface area contributed by atoms with Gasteiger partial charge in [0.05, 0.1) is 12.0 Å². The summed E-state index contributed by atoms with van der Waals surface area (Å²) in [5.74, 6) is -0.612. The van der Waals surface area contributed by atoms with Gasteiger partial charge in [0, 0.05) is 6.54 Å². The molecule has 1 rings (SSSR count). The molecule has 0 spiro atoms. The highest BCUT2D eigenvalue weighted by molar-refractivity contribution is 7.89. The summed E-state index contributed by atoms with van der Waals surface area (Å²) in [5, 5.41) is 8.82. The third kappa shape index (κ3) is 3.29. The second kappa shape index (κ2) is 6.23. The largest absolute Gasteiger partial charge is 0.497 e. The first-order valence-electron chi connectivity index (χ1n) is 6.11. The molecule has 0 saturated heterocycles. The predicted octanol–water partition coefficient (Wildman–Crippen LogP) is 1.41. The van der Waals surface area contributed by atoms with Crippen LogP contribution < -0.4 is 4.74 Å². The lowest BCUT2D eigenvalue weighted by Crippen LogP contribution is -2.36. The molecular formula is C13H19NO5S. The molecule has 0 aromatic heterocycles. The highest BCUT2D eigenvalue weighted by Crippen LogP contribution is 2.28. The predicted molar refractivity (Wildman–Crippen MR) is 74.5 cm³/mol. The Kier molecular flexibility index (Phi) is 5.13. The Hall–Kier alpha value is -1.60. The van der Waals surface area contributed by atoms with E-state index in [1.165, 1.54) is 7.11 Å². The van der Waals surface area contributed by atoms with Crippen LogP contribution in [0.15, 0.2) is 17.0 Å². The molecule has 0 heterocycles. The molecule has 7 heteroatoms. The van der Waals surface area contributed by atoms with Gasteiger partial charge in [-0.25, -0.2) is 8.42 Å². The lowest BCUT2D eigenvalue weighted by atomic mass is 10.1. The number of nitrogens with zero attached hydrogens (tertiary/aromatic N) is 1. The second-order valence-electron chi connectivity index (χ2n) is 4.42. The Morgan fingerprint density at radius 1 is 1.30 bits per heavy atom. The van der Waals surface area contributed by atoms with Crippen molar-refractivity contribution in [2.24, 2.45) is 0 Å². The summed E-state index contributed by atoms with van der Waals surface area (Å²) < 4.78 is 31.2. The average molecular weight is 301 g/mol. The molecule has 1 aromatic carbocycles. The zero-order chi connectivity index (χ0) is 15.5. The Bertz CT molecular complexity index is 586. The minimum Gasteiger partial charge on any atom is -0.497 e. The molecular weight excluding hydrogens is 282 g/mol. The number of ether oxygens (including phenoxy) is 1. The number of rotatable bonds is 6. The van der Waals surface area contributed by atoms with Gasteiger partial charge in [-0.1, -0.05) is 6.92 Å². The molecule has 0 unspecified atom stereocenters. The minimum atomic E-state index is -3.84. The number of carboxylic acids is 1. The quantitative estimate of drug-likeness (QED) is 0.858. The standard InChI is InChI=1S/C13H19NO5S/c1-5-14(8-12(15)16)20(17,18)13-9(2)6-11(19-4)7-10(13)3/h6-7H,5,8H2,1-4H3,(H,15,16). The van der Waals surface area contributed by atoms with Crippen molar-refractivity contribution in [2.75, 3.05) is 20.2 Å². The van der Waals surface area contributed by atoms with Crippen molar-refractivity contribution >= 4 is 16.0 Å². The van der Waals surface area contributed by atoms with Crippen molar-refractivity contribution in [2.45, 2.75) is 25.7 Å². The van der Waals surface area contributed by atoms with Crippen LogP contribution in [0.5, 0.6) is 5.75 Å². The van der Waals surface area contributed by atoms with E-state index in [0.29, 0.717) is 16.9 Å². The lowest BCUT2D eigenvalue weighted by molar-refractivity contribution is -0.137. The van der Waals surface area contributed by atoms with Crippen LogP contribution in [0.25, 0.3) is 0 Å². The number of likely N-dealkylation sites (N-methyl/N-ethyl adjacent to an activating group) is 1. The van der Waals surface area contributed by atoms with Crippen LogP contribution in [0.4, 0.5) is 0 Å². The summed E-state index contributed by atoms with van der Waals surface area (Å²) in [7, 11) is -2.33. The maximum absolute atomic E-state index is 12.6. The van der Waals surface area contributed by atoms with E-state index in [-0.39, 0.29) is 11.4 Å². The number of aliphatic carboxylic acids is 1. The van der Waals surface area contributed by atoms with Crippen LogP contribution in [0, 0.1) is 13.8 Å². The molecule has 0 atom stereocenters. The van der Waals surface area contributed by atoms with Crippen LogP contribution in [0.2, 0.25) is 0 Å². The van der Waals surface area contributed by atoms with Gasteiger partial charge >= 0.3 is 5.97 Å². The van der Waals surface area contributed by atoms with Gasteiger partial charge in [-0.3, -0.25) is 4.79 Å². The van der Waals surface area contributed by atoms with Crippen LogP contribution >= 0.6 is 0 Å². The minimum absolute atomic E-state index is 0.0968. The molecule has 0 aliphatic rings. The van der Waals surface area contributed by atoms with Gasteiger partial charge in [0.1, 0.15) is 12.3 Å². The van der Waals surface area contributed by atoms with Crippen molar-refractivity contribution in [3.63, 3.8) is 0 Å². The third-order valence-electron chi connectivity index (χ3n) is 2.93. The van der Waals surface area contributed by atoms with E-state index in [4.69, 9.17) is 9.84 Å². The fourth-order valence-corrected chi connectivity index (χ4v) is 3.89. The van der Waals surface area contributed by atoms with E-state index in [1.54, 1.807) is 32.9 Å². The van der Waals surface area contributed by atoms with Gasteiger partial charge in [0.15, 0.2) is 0 Å². The highest BCUT2D eigenvalue weighted by atomic mass is 32.2. The van der Waals surface area contributed by atoms with E-state index >= 15 is 0 Å². The van der Waals surface area contributed by atoms with E-state index in [9.17, 15) is 13.2 Å². The Labute approximate surface area is 119 Å². The molecule has 0 amide bonds. The highest BCUT2D eigenvalue weighted by Gasteiger charge is 2.28. The van der Waals surface area contributed by atoms with Crippen molar-refractivity contribution in [1.29, 1.82) is 0 Å². The number of hydrogen-bond acceptors (Lipinski definition) is 4. The fourth-order valence-electron chi connectivity index (χ4n) is 2.08. The number of sulfonamides is 1. The van der Waals surface area contributed by atoms with Gasteiger partial charge < -0.3 is 9.84 Å². The summed E-state index contributed by atoms with van der Waals surface area (Å²) in [6.07, 6.45) is 0. The molecule has 0 aliphatic carbocycles. The Balaban J connectivity index is 3.38. The smallest absolute Gasteiger partial charge is 0.318 e. The van der Waals surface area contributed by atoms with Crippen molar-refractivity contribution in [3.8, 4) is 5.75 Å². The monoisotopic (exact) mass is 301 g/mol. The SMILES string of the molecule is CCN(CC(=O)O)S(=O)(=O)c1c(C)cc(OC)cc1C. The Morgan fingerprint density at radius 2 is 1.80 bits per heavy atom. The zero-order valence-corrected chi connectivity index (χ0v) is 12.8. The number of hydrogen-bond donors (Lipinski definition) is 1. The van der Waals surface area contributed by atoms with Gasteiger partial charge in [0.2, 0.25) is 10.0 Å². The summed E-state index contributed by atoms with van der Waals surface area (Å²) in [5.41, 5.74) is 1.07. The summed E-state index contributed by atoms with van der Waals surface area (Å²) in [4.78, 5) is 10.9. The van der Waals surface area contributed by atoms with E-state index in [0.717, 1.165) is 4.31 Å². The van der Waals surface area contributed by atoms with Crippen molar-refractivity contribution in [3.05, 3.63) is 23.3 Å². The van der Waals surface area contributed by atoms with Crippen molar-refractivity contribution in [1.82, 2.24) is 4.31 Å². The maximum Gasteiger partial charge on any atom is 0.318 e. The summed E-state index contributed by atoms with van der Waals surface area (Å²) >= 11 is 0. The summed E-state index contributed by atoms with van der Waals surface area (Å²) in [6.45, 7) is 4.48. The normalized spacial score (nSPS) is 11.7. The molecule has 0 saturated carbocycles. The van der Waals surface area contributed by atoms with Crippen LogP contribution in [0.1, 0.15) is 18.1 Å². The topological polar surface area (TPSA) is 83.9 Å². The molecule has 20 heavy (non-hydrogen) atoms. The first-order chi connectivity index (χ1) is 9.23. The molecule has 0 radical (unpaired) electrons. The van der Waals surface area contributed by atoms with E-state index < -0.39 is 22.5 Å². The fraction of sp³-hybridized carbons (Fsp3) is 0.462. The van der Waals surface area contributed by atoms with Gasteiger partial charge in [-0.05, 0) is 37.1 Å². The Morgan fingerprint density at radius 3 is 2.15 bits per heavy atom. The molecule has 1 aromatic rings. The van der Waals surface area contributed by atoms with E-state index in [2.05, 4.69) is 0 Å². The molecule has 1 N–H and O–H groups in total. The van der Waals surface area contributed by atoms with Crippen LogP contribution in [0.3, 0.4) is 0 Å². The lowest BCUT2D eigenvalue weighted by Gasteiger charge is -2.21. The maximum atomic E-state index is 12.6. The summed E-state index contributed by atoms with van der Waals surface area (Å²) in [6, 6.07) is 3.24. The van der Waals surface area contributed by atoms with Crippen LogP contribution in [-0.4, -0.2) is 44.0 Å². The van der Waals surface area contributed by atoms with Crippen LogP contribution in [-0.2, 0) is 14.8 Å². The molecule has 112 valence electrons. The van der Waals surface area contributed by atoms with E-state index in [1.807, 2.05) is 0 Å². The second-order valence-corrected chi connectivity index (χ2v) is 6.29. The molecule has 0 bridgehead atoms.